The number of benzene rings is 4. The van der Waals surface area contributed by atoms with Crippen molar-refractivity contribution in [2.75, 3.05) is 5.43 Å². The Bertz CT molecular complexity index is 1530. The van der Waals surface area contributed by atoms with Crippen molar-refractivity contribution in [2.45, 2.75) is 13.0 Å². The molecule has 1 atom stereocenters. The van der Waals surface area contributed by atoms with Gasteiger partial charge in [-0.2, -0.15) is 0 Å². The Morgan fingerprint density at radius 3 is 2.18 bits per heavy atom. The Hall–Kier alpha value is -4.38. The molecule has 6 rings (SSSR count). The van der Waals surface area contributed by atoms with Gasteiger partial charge >= 0.3 is 0 Å². The van der Waals surface area contributed by atoms with Crippen LogP contribution >= 0.6 is 0 Å². The fraction of sp³-hybridized carbons (Fsp3) is 0.0714. The molecule has 0 aliphatic rings. The molecule has 0 spiro atoms. The SMILES string of the molecule is CC(Nn1c(-c2ccccc2-c2nc3ccccc3[nH]2)nc2ccccc21)c1ccccc1. The van der Waals surface area contributed by atoms with Crippen LogP contribution in [0.2, 0.25) is 0 Å². The van der Waals surface area contributed by atoms with Gasteiger partial charge in [-0.05, 0) is 36.8 Å². The molecule has 6 aromatic rings. The summed E-state index contributed by atoms with van der Waals surface area (Å²) in [5.41, 5.74) is 10.9. The van der Waals surface area contributed by atoms with E-state index in [1.165, 1.54) is 5.56 Å². The molecule has 2 N–H and O–H groups in total. The predicted octanol–water partition coefficient (Wildman–Crippen LogP) is 6.55. The Balaban J connectivity index is 1.52. The number of aromatic nitrogens is 4. The fourth-order valence-electron chi connectivity index (χ4n) is 4.31. The summed E-state index contributed by atoms with van der Waals surface area (Å²) in [5, 5.41) is 0. The summed E-state index contributed by atoms with van der Waals surface area (Å²) in [5.74, 6) is 1.69. The lowest BCUT2D eigenvalue weighted by molar-refractivity contribution is 0.743. The van der Waals surface area contributed by atoms with Crippen LogP contribution in [0.15, 0.2) is 103 Å². The highest BCUT2D eigenvalue weighted by Crippen LogP contribution is 2.33. The van der Waals surface area contributed by atoms with Crippen LogP contribution in [0.4, 0.5) is 0 Å². The second kappa shape index (κ2) is 7.95. The van der Waals surface area contributed by atoms with Crippen molar-refractivity contribution in [3.05, 3.63) is 109 Å². The van der Waals surface area contributed by atoms with Gasteiger partial charge in [-0.1, -0.05) is 78.9 Å². The lowest BCUT2D eigenvalue weighted by Gasteiger charge is -2.20. The van der Waals surface area contributed by atoms with Gasteiger partial charge in [0.1, 0.15) is 5.82 Å². The van der Waals surface area contributed by atoms with E-state index in [1.54, 1.807) is 0 Å². The van der Waals surface area contributed by atoms with Gasteiger partial charge in [0.15, 0.2) is 5.82 Å². The highest BCUT2D eigenvalue weighted by atomic mass is 15.4. The summed E-state index contributed by atoms with van der Waals surface area (Å²) in [6, 6.07) is 35.1. The van der Waals surface area contributed by atoms with Gasteiger partial charge in [0.25, 0.3) is 0 Å². The minimum absolute atomic E-state index is 0.0981. The van der Waals surface area contributed by atoms with Crippen LogP contribution < -0.4 is 5.43 Å². The third-order valence-electron chi connectivity index (χ3n) is 6.00. The highest BCUT2D eigenvalue weighted by Gasteiger charge is 2.19. The molecule has 4 aromatic carbocycles. The third-order valence-corrected chi connectivity index (χ3v) is 6.00. The Labute approximate surface area is 191 Å². The van der Waals surface area contributed by atoms with E-state index in [0.717, 1.165) is 44.8 Å². The van der Waals surface area contributed by atoms with Gasteiger partial charge in [0.2, 0.25) is 0 Å². The van der Waals surface area contributed by atoms with Crippen molar-refractivity contribution < 1.29 is 0 Å². The number of hydrogen-bond donors (Lipinski definition) is 2. The number of para-hydroxylation sites is 4. The molecule has 0 bridgehead atoms. The molecular formula is C28H23N5. The van der Waals surface area contributed by atoms with Gasteiger partial charge < -0.3 is 10.4 Å². The molecule has 5 nitrogen and oxygen atoms in total. The van der Waals surface area contributed by atoms with Crippen molar-refractivity contribution in [3.8, 4) is 22.8 Å². The normalized spacial score (nSPS) is 12.3. The van der Waals surface area contributed by atoms with Crippen molar-refractivity contribution in [1.82, 2.24) is 19.6 Å². The zero-order valence-corrected chi connectivity index (χ0v) is 18.2. The Morgan fingerprint density at radius 1 is 0.697 bits per heavy atom. The molecule has 0 saturated heterocycles. The van der Waals surface area contributed by atoms with Gasteiger partial charge in [0.05, 0.1) is 28.1 Å². The quantitative estimate of drug-likeness (QED) is 0.327. The lowest BCUT2D eigenvalue weighted by atomic mass is 10.1. The van der Waals surface area contributed by atoms with Gasteiger partial charge in [-0.3, -0.25) is 0 Å². The monoisotopic (exact) mass is 429 g/mol. The molecule has 160 valence electrons. The van der Waals surface area contributed by atoms with Crippen LogP contribution in [0.25, 0.3) is 44.8 Å². The number of nitrogens with one attached hydrogen (secondary N) is 2. The smallest absolute Gasteiger partial charge is 0.160 e. The summed E-state index contributed by atoms with van der Waals surface area (Å²) in [6.45, 7) is 2.17. The number of aromatic amines is 1. The summed E-state index contributed by atoms with van der Waals surface area (Å²) < 4.78 is 2.11. The molecule has 0 saturated carbocycles. The van der Waals surface area contributed by atoms with Gasteiger partial charge in [-0.15, -0.1) is 0 Å². The fourth-order valence-corrected chi connectivity index (χ4v) is 4.31. The molecular weight excluding hydrogens is 406 g/mol. The zero-order chi connectivity index (χ0) is 22.2. The molecule has 5 heteroatoms. The average molecular weight is 430 g/mol. The lowest BCUT2D eigenvalue weighted by Crippen LogP contribution is -2.19. The first kappa shape index (κ1) is 19.3. The summed E-state index contributed by atoms with van der Waals surface area (Å²) in [4.78, 5) is 13.4. The second-order valence-corrected chi connectivity index (χ2v) is 8.17. The number of nitrogens with zero attached hydrogens (tertiary/aromatic N) is 3. The van der Waals surface area contributed by atoms with Crippen LogP contribution in [0.3, 0.4) is 0 Å². The topological polar surface area (TPSA) is 58.5 Å². The molecule has 0 radical (unpaired) electrons. The maximum absolute atomic E-state index is 5.03. The van der Waals surface area contributed by atoms with Crippen LogP contribution in [0.5, 0.6) is 0 Å². The number of H-pyrrole nitrogens is 1. The van der Waals surface area contributed by atoms with Crippen molar-refractivity contribution >= 4 is 22.1 Å². The number of rotatable bonds is 5. The molecule has 0 aliphatic heterocycles. The number of imidazole rings is 2. The van der Waals surface area contributed by atoms with E-state index < -0.39 is 0 Å². The van der Waals surface area contributed by atoms with Crippen LogP contribution in [0, 0.1) is 0 Å². The Kier molecular flexibility index (Phi) is 4.65. The van der Waals surface area contributed by atoms with E-state index in [2.05, 4.69) is 64.5 Å². The van der Waals surface area contributed by atoms with Crippen LogP contribution in [-0.2, 0) is 0 Å². The summed E-state index contributed by atoms with van der Waals surface area (Å²) >= 11 is 0. The maximum Gasteiger partial charge on any atom is 0.160 e. The molecule has 2 aromatic heterocycles. The molecule has 33 heavy (non-hydrogen) atoms. The van der Waals surface area contributed by atoms with Crippen molar-refractivity contribution in [1.29, 1.82) is 0 Å². The second-order valence-electron chi connectivity index (χ2n) is 8.17. The first-order valence-corrected chi connectivity index (χ1v) is 11.1. The van der Waals surface area contributed by atoms with Crippen LogP contribution in [0.1, 0.15) is 18.5 Å². The molecule has 0 amide bonds. The van der Waals surface area contributed by atoms with E-state index in [1.807, 2.05) is 60.7 Å². The maximum atomic E-state index is 5.03. The minimum atomic E-state index is 0.0981. The first-order chi connectivity index (χ1) is 16.3. The van der Waals surface area contributed by atoms with Crippen LogP contribution in [-0.4, -0.2) is 19.6 Å². The first-order valence-electron chi connectivity index (χ1n) is 11.1. The molecule has 1 unspecified atom stereocenters. The predicted molar refractivity (Wildman–Crippen MR) is 134 cm³/mol. The van der Waals surface area contributed by atoms with Crippen molar-refractivity contribution in [3.63, 3.8) is 0 Å². The van der Waals surface area contributed by atoms with E-state index in [9.17, 15) is 0 Å². The minimum Gasteiger partial charge on any atom is -0.338 e. The highest BCUT2D eigenvalue weighted by molar-refractivity contribution is 5.88. The van der Waals surface area contributed by atoms with E-state index >= 15 is 0 Å². The van der Waals surface area contributed by atoms with Gasteiger partial charge in [-0.25, -0.2) is 14.6 Å². The van der Waals surface area contributed by atoms with E-state index in [-0.39, 0.29) is 6.04 Å². The van der Waals surface area contributed by atoms with E-state index in [4.69, 9.17) is 9.97 Å². The Morgan fingerprint density at radius 2 is 1.36 bits per heavy atom. The number of hydrogen-bond acceptors (Lipinski definition) is 3. The largest absolute Gasteiger partial charge is 0.338 e. The summed E-state index contributed by atoms with van der Waals surface area (Å²) in [7, 11) is 0. The third kappa shape index (κ3) is 3.44. The van der Waals surface area contributed by atoms with E-state index in [0.29, 0.717) is 0 Å². The molecule has 0 fully saturated rings. The zero-order valence-electron chi connectivity index (χ0n) is 18.2. The summed E-state index contributed by atoms with van der Waals surface area (Å²) in [6.07, 6.45) is 0. The average Bonchev–Trinajstić information content (AvgIpc) is 3.46. The standard InChI is InChI=1S/C28H23N5/c1-19(20-11-3-2-4-12-20)32-33-26-18-10-9-17-25(26)31-28(33)22-14-6-5-13-21(22)27-29-23-15-7-8-16-24(23)30-27/h2-19,32H,1H3,(H,29,30). The molecule has 0 aliphatic carbocycles. The van der Waals surface area contributed by atoms with Crippen molar-refractivity contribution in [2.24, 2.45) is 0 Å². The molecule has 2 heterocycles. The number of fused-ring (bicyclic) bond motifs is 2. The van der Waals surface area contributed by atoms with Gasteiger partial charge in [0, 0.05) is 11.1 Å².